The van der Waals surface area contributed by atoms with Crippen LogP contribution in [0, 0.1) is 10.1 Å². The molecule has 8 amide bonds. The van der Waals surface area contributed by atoms with Crippen molar-refractivity contribution in [2.24, 2.45) is 17.2 Å². The van der Waals surface area contributed by atoms with Crippen molar-refractivity contribution >= 4 is 58.6 Å². The molecule has 0 saturated heterocycles. The maximum absolute atomic E-state index is 13.1. The SMILES string of the molecule is NC(=O)C[C@H](NC(=O)[C@H](CO)NC(=O)[C@H](CC(N)=O)NC(=O)[C@H](CO)NC(=O)c1ccccc1N)C(=O)N[C@@H](Cc1ccc(O)c([N+](=O)[O-])c1)C(N)=O. The van der Waals surface area contributed by atoms with Crippen LogP contribution in [0.15, 0.2) is 42.5 Å². The minimum absolute atomic E-state index is 0.0425. The Morgan fingerprint density at radius 2 is 1.13 bits per heavy atom. The Hall–Kier alpha value is -6.88. The van der Waals surface area contributed by atoms with Gasteiger partial charge in [-0.1, -0.05) is 18.2 Å². The van der Waals surface area contributed by atoms with Crippen LogP contribution in [0.3, 0.4) is 0 Å². The van der Waals surface area contributed by atoms with E-state index in [-0.39, 0.29) is 16.8 Å². The molecule has 16 N–H and O–H groups in total. The van der Waals surface area contributed by atoms with Crippen molar-refractivity contribution in [1.82, 2.24) is 26.6 Å². The fraction of sp³-hybridized carbons (Fsp3) is 0.333. The molecule has 0 radical (unpaired) electrons. The van der Waals surface area contributed by atoms with Gasteiger partial charge in [-0.15, -0.1) is 0 Å². The topological polar surface area (TPSA) is 405 Å². The largest absolute Gasteiger partial charge is 0.502 e. The molecule has 2 aromatic carbocycles. The molecule has 0 aromatic heterocycles. The first-order chi connectivity index (χ1) is 24.9. The summed E-state index contributed by atoms with van der Waals surface area (Å²) in [5.41, 5.74) is 20.9. The number of nitrogens with zero attached hydrogens (tertiary/aromatic N) is 1. The molecule has 0 aliphatic rings. The van der Waals surface area contributed by atoms with E-state index in [0.717, 1.165) is 12.1 Å². The lowest BCUT2D eigenvalue weighted by Gasteiger charge is -2.25. The van der Waals surface area contributed by atoms with Gasteiger partial charge < -0.3 is 64.8 Å². The number of primary amides is 3. The maximum atomic E-state index is 13.1. The number of rotatable bonds is 20. The summed E-state index contributed by atoms with van der Waals surface area (Å²) in [6.07, 6.45) is -2.20. The molecule has 0 unspecified atom stereocenters. The molecule has 0 bridgehead atoms. The average Bonchev–Trinajstić information content (AvgIpc) is 3.08. The van der Waals surface area contributed by atoms with Gasteiger partial charge in [0, 0.05) is 18.2 Å². The lowest BCUT2D eigenvalue weighted by molar-refractivity contribution is -0.385. The monoisotopic (exact) mass is 746 g/mol. The van der Waals surface area contributed by atoms with Crippen LogP contribution < -0.4 is 49.5 Å². The Morgan fingerprint density at radius 1 is 0.679 bits per heavy atom. The normalized spacial score (nSPS) is 13.5. The van der Waals surface area contributed by atoms with Gasteiger partial charge in [-0.05, 0) is 23.8 Å². The van der Waals surface area contributed by atoms with Gasteiger partial charge >= 0.3 is 5.69 Å². The molecule has 2 rings (SSSR count). The number of anilines is 1. The predicted molar refractivity (Wildman–Crippen MR) is 179 cm³/mol. The van der Waals surface area contributed by atoms with E-state index in [1.54, 1.807) is 6.07 Å². The molecule has 0 aliphatic carbocycles. The Labute approximate surface area is 298 Å². The number of nitrogens with two attached hydrogens (primary N) is 4. The molecule has 2 aromatic rings. The Bertz CT molecular complexity index is 1750. The zero-order chi connectivity index (χ0) is 40.0. The van der Waals surface area contributed by atoms with Gasteiger partial charge in [0.05, 0.1) is 36.5 Å². The summed E-state index contributed by atoms with van der Waals surface area (Å²) < 4.78 is 0. The number of para-hydroxylation sites is 1. The summed E-state index contributed by atoms with van der Waals surface area (Å²) in [6.45, 7) is -2.14. The Kier molecular flexibility index (Phi) is 15.6. The van der Waals surface area contributed by atoms with Crippen molar-refractivity contribution in [3.8, 4) is 5.75 Å². The standard InChI is InChI=1S/C30H38N10O13/c31-15-4-2-1-3-14(15)26(47)38-19(11-41)29(50)37-18(10-24(33)45)28(49)39-20(12-42)30(51)36-17(9-23(32)44)27(48)35-16(25(34)46)7-13-5-6-22(43)21(8-13)40(52)53/h1-6,8,16-20,41-43H,7,9-12,31H2,(H2,32,44)(H2,33,45)(H2,34,46)(H,35,48)(H,36,51)(H,37,50)(H,38,47)(H,39,49)/t16-,17-,18-,19-,20-/m0/s1. The zero-order valence-corrected chi connectivity index (χ0v) is 27.6. The Morgan fingerprint density at radius 3 is 1.58 bits per heavy atom. The van der Waals surface area contributed by atoms with Gasteiger partial charge in [-0.25, -0.2) is 0 Å². The highest BCUT2D eigenvalue weighted by atomic mass is 16.6. The van der Waals surface area contributed by atoms with Crippen LogP contribution >= 0.6 is 0 Å². The maximum Gasteiger partial charge on any atom is 0.310 e. The number of nitrogen functional groups attached to an aromatic ring is 1. The van der Waals surface area contributed by atoms with E-state index in [1.165, 1.54) is 24.3 Å². The van der Waals surface area contributed by atoms with Gasteiger partial charge in [0.15, 0.2) is 5.75 Å². The summed E-state index contributed by atoms with van der Waals surface area (Å²) in [4.78, 5) is 111. The molecule has 53 heavy (non-hydrogen) atoms. The summed E-state index contributed by atoms with van der Waals surface area (Å²) in [5, 5.41) is 51.0. The molecule has 0 heterocycles. The number of aliphatic hydroxyl groups excluding tert-OH is 2. The second-order valence-corrected chi connectivity index (χ2v) is 11.3. The average molecular weight is 747 g/mol. The lowest BCUT2D eigenvalue weighted by Crippen LogP contribution is -2.60. The molecule has 0 fully saturated rings. The number of carbonyl (C=O) groups is 8. The number of nitrogens with one attached hydrogen (secondary N) is 5. The number of hydrogen-bond acceptors (Lipinski definition) is 14. The van der Waals surface area contributed by atoms with E-state index in [2.05, 4.69) is 21.3 Å². The summed E-state index contributed by atoms with van der Waals surface area (Å²) in [5.74, 6) is -9.93. The quantitative estimate of drug-likeness (QED) is 0.0342. The number of phenols is 1. The highest BCUT2D eigenvalue weighted by Crippen LogP contribution is 2.26. The van der Waals surface area contributed by atoms with Gasteiger partial charge in [0.2, 0.25) is 41.4 Å². The van der Waals surface area contributed by atoms with E-state index in [9.17, 15) is 63.8 Å². The minimum atomic E-state index is -1.92. The number of carbonyl (C=O) groups excluding carboxylic acids is 8. The van der Waals surface area contributed by atoms with E-state index < -0.39 is 126 Å². The third-order valence-electron chi connectivity index (χ3n) is 7.24. The number of amides is 8. The van der Waals surface area contributed by atoms with Crippen LogP contribution in [-0.2, 0) is 40.0 Å². The van der Waals surface area contributed by atoms with E-state index in [0.29, 0.717) is 0 Å². The predicted octanol–water partition coefficient (Wildman–Crippen LogP) is -5.62. The van der Waals surface area contributed by atoms with Crippen LogP contribution in [-0.4, -0.2) is 111 Å². The second kappa shape index (κ2) is 19.5. The van der Waals surface area contributed by atoms with E-state index in [1.807, 2.05) is 5.32 Å². The van der Waals surface area contributed by atoms with Crippen molar-refractivity contribution < 1.29 is 58.6 Å². The van der Waals surface area contributed by atoms with Gasteiger partial charge in [0.1, 0.15) is 30.2 Å². The molecule has 0 spiro atoms. The fourth-order valence-corrected chi connectivity index (χ4v) is 4.54. The molecule has 0 aliphatic heterocycles. The summed E-state index contributed by atoms with van der Waals surface area (Å²) in [6, 6.07) is -0.00975. The van der Waals surface area contributed by atoms with Crippen molar-refractivity contribution in [3.05, 3.63) is 63.7 Å². The first kappa shape index (κ1) is 42.3. The smallest absolute Gasteiger partial charge is 0.310 e. The van der Waals surface area contributed by atoms with Gasteiger partial charge in [-0.3, -0.25) is 48.5 Å². The van der Waals surface area contributed by atoms with Gasteiger partial charge in [-0.2, -0.15) is 0 Å². The van der Waals surface area contributed by atoms with Crippen LogP contribution in [0.25, 0.3) is 0 Å². The van der Waals surface area contributed by atoms with Gasteiger partial charge in [0.25, 0.3) is 5.91 Å². The number of benzene rings is 2. The van der Waals surface area contributed by atoms with Crippen molar-refractivity contribution in [2.45, 2.75) is 49.5 Å². The number of aromatic hydroxyl groups is 1. The fourth-order valence-electron chi connectivity index (χ4n) is 4.54. The summed E-state index contributed by atoms with van der Waals surface area (Å²) >= 11 is 0. The van der Waals surface area contributed by atoms with E-state index >= 15 is 0 Å². The number of hydrogen-bond donors (Lipinski definition) is 12. The third kappa shape index (κ3) is 12.7. The Balaban J connectivity index is 2.19. The second-order valence-electron chi connectivity index (χ2n) is 11.3. The van der Waals surface area contributed by atoms with Crippen LogP contribution in [0.4, 0.5) is 11.4 Å². The first-order valence-electron chi connectivity index (χ1n) is 15.3. The van der Waals surface area contributed by atoms with Crippen LogP contribution in [0.2, 0.25) is 0 Å². The number of aliphatic hydroxyl groups is 2. The van der Waals surface area contributed by atoms with Crippen molar-refractivity contribution in [2.75, 3.05) is 18.9 Å². The van der Waals surface area contributed by atoms with Crippen molar-refractivity contribution in [3.63, 3.8) is 0 Å². The van der Waals surface area contributed by atoms with Crippen LogP contribution in [0.1, 0.15) is 28.8 Å². The number of phenolic OH excluding ortho intramolecular Hbond substituents is 1. The highest BCUT2D eigenvalue weighted by Gasteiger charge is 2.33. The van der Waals surface area contributed by atoms with Crippen molar-refractivity contribution in [1.29, 1.82) is 0 Å². The van der Waals surface area contributed by atoms with E-state index in [4.69, 9.17) is 22.9 Å². The molecular formula is C30H38N10O13. The molecule has 23 nitrogen and oxygen atoms in total. The third-order valence-corrected chi connectivity index (χ3v) is 7.24. The molecule has 5 atom stereocenters. The first-order valence-corrected chi connectivity index (χ1v) is 15.3. The molecule has 286 valence electrons. The lowest BCUT2D eigenvalue weighted by atomic mass is 10.0. The molecular weight excluding hydrogens is 708 g/mol. The minimum Gasteiger partial charge on any atom is -0.502 e. The summed E-state index contributed by atoms with van der Waals surface area (Å²) in [7, 11) is 0. The molecule has 0 saturated carbocycles. The number of nitro benzene ring substituents is 1. The van der Waals surface area contributed by atoms with Crippen LogP contribution in [0.5, 0.6) is 5.75 Å². The zero-order valence-electron chi connectivity index (χ0n) is 27.6. The molecule has 23 heteroatoms. The highest BCUT2D eigenvalue weighted by molar-refractivity contribution is 6.02. The number of nitro groups is 1.